The summed E-state index contributed by atoms with van der Waals surface area (Å²) in [5.41, 5.74) is 5.14. The molecule has 260 valence electrons. The maximum Gasteiger partial charge on any atom is 0.242 e. The first kappa shape index (κ1) is 34.8. The van der Waals surface area contributed by atoms with Crippen molar-refractivity contribution in [3.8, 4) is 11.1 Å². The van der Waals surface area contributed by atoms with Crippen molar-refractivity contribution in [2.75, 3.05) is 25.5 Å². The normalized spacial score (nSPS) is 22.3. The molecule has 1 aromatic carbocycles. The molecule has 2 aliphatic heterocycles. The fourth-order valence-corrected chi connectivity index (χ4v) is 7.51. The smallest absolute Gasteiger partial charge is 0.242 e. The molecule has 0 radical (unpaired) electrons. The first-order valence-corrected chi connectivity index (χ1v) is 17.3. The fraction of sp³-hybridized carbons (Fsp3) is 0.436. The maximum atomic E-state index is 14.3. The Morgan fingerprint density at radius 3 is 2.52 bits per heavy atom. The lowest BCUT2D eigenvalue weighted by atomic mass is 9.93. The van der Waals surface area contributed by atoms with E-state index >= 15 is 0 Å². The van der Waals surface area contributed by atoms with Crippen LogP contribution in [0.2, 0.25) is 0 Å². The first-order valence-electron chi connectivity index (χ1n) is 17.3. The largest absolute Gasteiger partial charge is 0.375 e. The number of nitrogens with zero attached hydrogens (tertiary/aromatic N) is 5. The van der Waals surface area contributed by atoms with Gasteiger partial charge in [0.15, 0.2) is 11.6 Å². The van der Waals surface area contributed by atoms with Gasteiger partial charge in [0.1, 0.15) is 11.5 Å². The number of fused-ring (bicyclic) bond motifs is 1. The number of carbonyl (C=O) groups excluding carboxylic acids is 4. The van der Waals surface area contributed by atoms with Crippen molar-refractivity contribution in [1.82, 2.24) is 24.8 Å². The van der Waals surface area contributed by atoms with E-state index in [-0.39, 0.29) is 47.7 Å². The zero-order valence-electron chi connectivity index (χ0n) is 29.5. The van der Waals surface area contributed by atoms with Crippen molar-refractivity contribution in [2.45, 2.75) is 84.7 Å². The molecule has 11 heteroatoms. The molecule has 50 heavy (non-hydrogen) atoms. The molecule has 4 heterocycles. The second-order valence-corrected chi connectivity index (χ2v) is 14.1. The molecular formula is C39H45N7O4. The van der Waals surface area contributed by atoms with Crippen molar-refractivity contribution in [1.29, 1.82) is 5.41 Å². The van der Waals surface area contributed by atoms with Gasteiger partial charge >= 0.3 is 0 Å². The summed E-state index contributed by atoms with van der Waals surface area (Å²) in [7, 11) is 1.82. The predicted octanol–water partition coefficient (Wildman–Crippen LogP) is 4.75. The average Bonchev–Trinajstić information content (AvgIpc) is 3.67. The molecule has 1 aliphatic carbocycles. The highest BCUT2D eigenvalue weighted by molar-refractivity contribution is 6.45. The minimum Gasteiger partial charge on any atom is -0.375 e. The van der Waals surface area contributed by atoms with E-state index in [9.17, 15) is 19.2 Å². The summed E-state index contributed by atoms with van der Waals surface area (Å²) >= 11 is 0. The minimum atomic E-state index is -0.645. The molecule has 0 spiro atoms. The summed E-state index contributed by atoms with van der Waals surface area (Å²) in [5, 5.41) is 12.1. The van der Waals surface area contributed by atoms with Crippen molar-refractivity contribution < 1.29 is 19.2 Å². The van der Waals surface area contributed by atoms with E-state index in [4.69, 9.17) is 5.41 Å². The van der Waals surface area contributed by atoms with Crippen LogP contribution in [-0.2, 0) is 32.0 Å². The van der Waals surface area contributed by atoms with Gasteiger partial charge in [-0.15, -0.1) is 0 Å². The number of pyridine rings is 1. The van der Waals surface area contributed by atoms with Gasteiger partial charge in [-0.05, 0) is 87.8 Å². The number of rotatable bonds is 6. The lowest BCUT2D eigenvalue weighted by molar-refractivity contribution is -0.137. The molecule has 3 atom stereocenters. The number of benzene rings is 1. The molecule has 2 aromatic heterocycles. The third-order valence-corrected chi connectivity index (χ3v) is 10.4. The van der Waals surface area contributed by atoms with Crippen LogP contribution in [0.25, 0.3) is 11.1 Å². The van der Waals surface area contributed by atoms with Gasteiger partial charge in [0.05, 0.1) is 24.7 Å². The first-order chi connectivity index (χ1) is 23.9. The lowest BCUT2D eigenvalue weighted by Gasteiger charge is -2.28. The Hall–Kier alpha value is -5.06. The van der Waals surface area contributed by atoms with Gasteiger partial charge in [0.2, 0.25) is 11.8 Å². The maximum absolute atomic E-state index is 14.3. The highest BCUT2D eigenvalue weighted by atomic mass is 16.2. The molecule has 2 bridgehead atoms. The number of hydrogen-bond acceptors (Lipinski definition) is 9. The Labute approximate surface area is 293 Å². The number of ketones is 2. The number of Topliss-reactive ketones (excluding diaryl/α,β-unsaturated/α-hetero) is 2. The molecule has 3 aliphatic rings. The Kier molecular flexibility index (Phi) is 9.78. The number of aromatic nitrogens is 3. The second kappa shape index (κ2) is 14.0. The van der Waals surface area contributed by atoms with Gasteiger partial charge in [-0.3, -0.25) is 29.6 Å². The standard InChI is InChI=1S/C39H45N7O4/c1-23-12-13-24(2)44-31(23)16-33(48)32-17-39-18-34(39)46(32)36(50)21-43-38-27(10-8-6-7-9-11-35(49)45(5)22-39)14-28(15-30(38)37(40)25(3)47)29-19-41-26(4)42-20-29/h6,8,12-15,19-20,32,34,40,43H,7,9-11,16-18,21-22H2,1-5H3/t32-,34-,39+/m1/s1. The second-order valence-electron chi connectivity index (χ2n) is 14.1. The molecule has 2 fully saturated rings. The van der Waals surface area contributed by atoms with E-state index in [0.29, 0.717) is 61.4 Å². The van der Waals surface area contributed by atoms with Crippen molar-refractivity contribution in [3.05, 3.63) is 82.7 Å². The summed E-state index contributed by atoms with van der Waals surface area (Å²) in [6.07, 6.45) is 11.1. The zero-order valence-corrected chi connectivity index (χ0v) is 29.5. The molecule has 0 unspecified atom stereocenters. The van der Waals surface area contributed by atoms with E-state index in [1.807, 2.05) is 51.2 Å². The highest BCUT2D eigenvalue weighted by Gasteiger charge is 2.67. The van der Waals surface area contributed by atoms with Crippen molar-refractivity contribution in [2.24, 2.45) is 5.41 Å². The van der Waals surface area contributed by atoms with E-state index in [0.717, 1.165) is 34.4 Å². The number of piperidine rings is 1. The zero-order chi connectivity index (χ0) is 35.7. The summed E-state index contributed by atoms with van der Waals surface area (Å²) in [4.78, 5) is 71.0. The van der Waals surface area contributed by atoms with Crippen molar-refractivity contribution >= 4 is 34.8 Å². The number of anilines is 1. The SMILES string of the molecule is CC(=O)C(=N)c1cc(-c2cnc(C)nc2)cc2c1NCC(=O)N1[C@@H](C(=O)Cc3nc(C)ccc3C)C[C@]3(C[C@@H]13)CN(C)C(=O)CCCC=CC2. The molecular weight excluding hydrogens is 630 g/mol. The predicted molar refractivity (Wildman–Crippen MR) is 191 cm³/mol. The van der Waals surface area contributed by atoms with Crippen LogP contribution < -0.4 is 5.32 Å². The topological polar surface area (TPSA) is 149 Å². The number of amides is 2. The third kappa shape index (κ3) is 7.13. The van der Waals surface area contributed by atoms with Gasteiger partial charge in [-0.25, -0.2) is 9.97 Å². The van der Waals surface area contributed by atoms with Crippen LogP contribution in [-0.4, -0.2) is 86.1 Å². The quantitative estimate of drug-likeness (QED) is 0.281. The van der Waals surface area contributed by atoms with E-state index < -0.39 is 11.8 Å². The number of carbonyl (C=O) groups is 4. The Morgan fingerprint density at radius 2 is 1.78 bits per heavy atom. The monoisotopic (exact) mass is 675 g/mol. The van der Waals surface area contributed by atoms with Gasteiger partial charge in [-0.1, -0.05) is 18.2 Å². The minimum absolute atomic E-state index is 0.0549. The van der Waals surface area contributed by atoms with E-state index in [1.165, 1.54) is 6.92 Å². The summed E-state index contributed by atoms with van der Waals surface area (Å²) in [6.45, 7) is 7.35. The molecule has 1 saturated heterocycles. The van der Waals surface area contributed by atoms with E-state index in [1.54, 1.807) is 35.2 Å². The van der Waals surface area contributed by atoms with Crippen LogP contribution in [0.1, 0.15) is 72.9 Å². The summed E-state index contributed by atoms with van der Waals surface area (Å²) in [6, 6.07) is 6.81. The van der Waals surface area contributed by atoms with Gasteiger partial charge < -0.3 is 15.1 Å². The number of allylic oxidation sites excluding steroid dienone is 2. The Balaban J connectivity index is 1.38. The number of hydrogen-bond donors (Lipinski definition) is 2. The van der Waals surface area contributed by atoms with Gasteiger partial charge in [-0.2, -0.15) is 0 Å². The van der Waals surface area contributed by atoms with Crippen molar-refractivity contribution in [3.63, 3.8) is 0 Å². The fourth-order valence-electron chi connectivity index (χ4n) is 7.51. The summed E-state index contributed by atoms with van der Waals surface area (Å²) < 4.78 is 0. The Morgan fingerprint density at radius 1 is 1.02 bits per heavy atom. The lowest BCUT2D eigenvalue weighted by Crippen LogP contribution is -2.46. The molecule has 3 aromatic rings. The van der Waals surface area contributed by atoms with Gasteiger partial charge in [0.25, 0.3) is 0 Å². The van der Waals surface area contributed by atoms with E-state index in [2.05, 4.69) is 20.3 Å². The van der Waals surface area contributed by atoms with Crippen LogP contribution >= 0.6 is 0 Å². The Bertz CT molecular complexity index is 1900. The van der Waals surface area contributed by atoms with Crippen LogP contribution in [0.5, 0.6) is 0 Å². The molecule has 11 nitrogen and oxygen atoms in total. The average molecular weight is 676 g/mol. The summed E-state index contributed by atoms with van der Waals surface area (Å²) in [5.74, 6) is -0.0257. The molecule has 2 amide bonds. The molecule has 2 N–H and O–H groups in total. The molecule has 6 rings (SSSR count). The number of nitrogens with one attached hydrogen (secondary N) is 2. The van der Waals surface area contributed by atoms with Crippen LogP contribution in [0.3, 0.4) is 0 Å². The van der Waals surface area contributed by atoms with Crippen LogP contribution in [0, 0.1) is 31.6 Å². The van der Waals surface area contributed by atoms with Crippen LogP contribution in [0.4, 0.5) is 5.69 Å². The third-order valence-electron chi connectivity index (χ3n) is 10.4. The van der Waals surface area contributed by atoms with Crippen LogP contribution in [0.15, 0.2) is 48.8 Å². The number of aryl methyl sites for hydroxylation is 3. The molecule has 1 saturated carbocycles. The highest BCUT2D eigenvalue weighted by Crippen LogP contribution is 2.60. The van der Waals surface area contributed by atoms with Gasteiger partial charge in [0, 0.05) is 73.3 Å².